The van der Waals surface area contributed by atoms with Crippen molar-refractivity contribution in [3.63, 3.8) is 0 Å². The fraction of sp³-hybridized carbons (Fsp3) is 0.100. The highest BCUT2D eigenvalue weighted by molar-refractivity contribution is 14.1. The number of benzene rings is 1. The average molecular weight is 315 g/mol. The van der Waals surface area contributed by atoms with Crippen LogP contribution in [0.4, 0.5) is 0 Å². The Morgan fingerprint density at radius 3 is 3.00 bits per heavy atom. The molecule has 0 aliphatic rings. The lowest BCUT2D eigenvalue weighted by atomic mass is 10.1. The van der Waals surface area contributed by atoms with Gasteiger partial charge in [0.25, 0.3) is 0 Å². The van der Waals surface area contributed by atoms with Gasteiger partial charge in [-0.05, 0) is 40.1 Å². The largest absolute Gasteiger partial charge is 0.496 e. The number of halogens is 1. The summed E-state index contributed by atoms with van der Waals surface area (Å²) in [4.78, 5) is 0. The molecular formula is C10H6INOS. The molecule has 0 atom stereocenters. The van der Waals surface area contributed by atoms with Crippen LogP contribution in [0.3, 0.4) is 0 Å². The molecule has 0 unspecified atom stereocenters. The number of thiophene rings is 1. The summed E-state index contributed by atoms with van der Waals surface area (Å²) >= 11 is 3.88. The van der Waals surface area contributed by atoms with Crippen molar-refractivity contribution in [3.05, 3.63) is 26.6 Å². The van der Waals surface area contributed by atoms with Crippen LogP contribution in [0, 0.1) is 14.9 Å². The van der Waals surface area contributed by atoms with Gasteiger partial charge in [-0.25, -0.2) is 0 Å². The molecule has 1 aromatic heterocycles. The number of hydrogen-bond acceptors (Lipinski definition) is 3. The maximum absolute atomic E-state index is 8.96. The van der Waals surface area contributed by atoms with Crippen LogP contribution in [0.1, 0.15) is 5.56 Å². The molecule has 2 nitrogen and oxygen atoms in total. The predicted molar refractivity (Wildman–Crippen MR) is 65.8 cm³/mol. The Morgan fingerprint density at radius 2 is 2.36 bits per heavy atom. The van der Waals surface area contributed by atoms with Crippen LogP contribution in [-0.2, 0) is 0 Å². The van der Waals surface area contributed by atoms with E-state index in [0.29, 0.717) is 5.56 Å². The number of methoxy groups -OCH3 is 1. The van der Waals surface area contributed by atoms with Crippen molar-refractivity contribution in [2.75, 3.05) is 7.11 Å². The van der Waals surface area contributed by atoms with Gasteiger partial charge < -0.3 is 4.74 Å². The number of hydrogen-bond donors (Lipinski definition) is 0. The van der Waals surface area contributed by atoms with Crippen molar-refractivity contribution in [2.45, 2.75) is 0 Å². The van der Waals surface area contributed by atoms with E-state index in [-0.39, 0.29) is 0 Å². The van der Waals surface area contributed by atoms with Gasteiger partial charge in [-0.3, -0.25) is 0 Å². The highest BCUT2D eigenvalue weighted by Crippen LogP contribution is 2.35. The van der Waals surface area contributed by atoms with Gasteiger partial charge in [0.05, 0.1) is 27.0 Å². The van der Waals surface area contributed by atoms with Crippen molar-refractivity contribution in [3.8, 4) is 11.8 Å². The van der Waals surface area contributed by atoms with E-state index in [1.54, 1.807) is 24.5 Å². The Bertz CT molecular complexity index is 527. The van der Waals surface area contributed by atoms with Gasteiger partial charge in [-0.1, -0.05) is 0 Å². The van der Waals surface area contributed by atoms with Crippen LogP contribution in [0.2, 0.25) is 0 Å². The molecule has 0 spiro atoms. The van der Waals surface area contributed by atoms with Crippen molar-refractivity contribution in [1.82, 2.24) is 0 Å². The summed E-state index contributed by atoms with van der Waals surface area (Å²) in [7, 11) is 1.62. The lowest BCUT2D eigenvalue weighted by molar-refractivity contribution is 0.412. The van der Waals surface area contributed by atoms with Crippen LogP contribution < -0.4 is 4.74 Å². The van der Waals surface area contributed by atoms with Crippen molar-refractivity contribution in [2.24, 2.45) is 0 Å². The van der Waals surface area contributed by atoms with E-state index in [1.807, 2.05) is 11.4 Å². The van der Waals surface area contributed by atoms with Gasteiger partial charge in [0.1, 0.15) is 5.75 Å². The quantitative estimate of drug-likeness (QED) is 0.756. The van der Waals surface area contributed by atoms with Crippen LogP contribution >= 0.6 is 33.9 Å². The number of nitrogens with zero attached hydrogens (tertiary/aromatic N) is 1. The summed E-state index contributed by atoms with van der Waals surface area (Å²) in [5, 5.41) is 12.0. The Balaban J connectivity index is 2.89. The SMILES string of the molecule is COc1cc(C#N)c2ccsc2c1I. The van der Waals surface area contributed by atoms with Gasteiger partial charge in [0.15, 0.2) is 0 Å². The first-order valence-electron chi connectivity index (χ1n) is 3.91. The standard InChI is InChI=1S/C10H6INOS/c1-13-8-4-6(5-12)7-2-3-14-10(7)9(8)11/h2-4H,1H3. The summed E-state index contributed by atoms with van der Waals surface area (Å²) in [5.41, 5.74) is 0.679. The molecule has 0 saturated heterocycles. The fourth-order valence-electron chi connectivity index (χ4n) is 1.32. The Morgan fingerprint density at radius 1 is 1.57 bits per heavy atom. The second-order valence-electron chi connectivity index (χ2n) is 2.72. The number of ether oxygens (including phenoxy) is 1. The molecule has 2 aromatic rings. The first-order chi connectivity index (χ1) is 6.77. The summed E-state index contributed by atoms with van der Waals surface area (Å²) < 4.78 is 7.42. The van der Waals surface area contributed by atoms with E-state index >= 15 is 0 Å². The third-order valence-electron chi connectivity index (χ3n) is 1.99. The fourth-order valence-corrected chi connectivity index (χ4v) is 3.21. The highest BCUT2D eigenvalue weighted by Gasteiger charge is 2.11. The Hall–Kier alpha value is -0.800. The topological polar surface area (TPSA) is 33.0 Å². The Labute approximate surface area is 99.3 Å². The lowest BCUT2D eigenvalue weighted by Crippen LogP contribution is -1.88. The molecule has 70 valence electrons. The summed E-state index contributed by atoms with van der Waals surface area (Å²) in [6.45, 7) is 0. The summed E-state index contributed by atoms with van der Waals surface area (Å²) in [5.74, 6) is 0.775. The second-order valence-corrected chi connectivity index (χ2v) is 4.71. The number of fused-ring (bicyclic) bond motifs is 1. The molecule has 0 N–H and O–H groups in total. The third kappa shape index (κ3) is 1.37. The van der Waals surface area contributed by atoms with E-state index in [1.165, 1.54) is 0 Å². The molecule has 0 aliphatic heterocycles. The molecule has 0 saturated carbocycles. The van der Waals surface area contributed by atoms with Gasteiger partial charge in [-0.15, -0.1) is 11.3 Å². The molecule has 2 rings (SSSR count). The van der Waals surface area contributed by atoms with Crippen molar-refractivity contribution >= 4 is 44.0 Å². The maximum Gasteiger partial charge on any atom is 0.134 e. The van der Waals surface area contributed by atoms with Crippen LogP contribution in [0.15, 0.2) is 17.5 Å². The molecule has 0 radical (unpaired) electrons. The zero-order chi connectivity index (χ0) is 10.1. The minimum atomic E-state index is 0.679. The third-order valence-corrected chi connectivity index (χ3v) is 4.36. The molecule has 0 fully saturated rings. The van der Waals surface area contributed by atoms with Crippen LogP contribution in [0.5, 0.6) is 5.75 Å². The monoisotopic (exact) mass is 315 g/mol. The first kappa shape index (κ1) is 9.74. The van der Waals surface area contributed by atoms with E-state index in [0.717, 1.165) is 19.4 Å². The molecule has 0 aliphatic carbocycles. The number of nitriles is 1. The zero-order valence-electron chi connectivity index (χ0n) is 7.37. The highest BCUT2D eigenvalue weighted by atomic mass is 127. The minimum Gasteiger partial charge on any atom is -0.496 e. The molecule has 1 heterocycles. The smallest absolute Gasteiger partial charge is 0.134 e. The predicted octanol–water partition coefficient (Wildman–Crippen LogP) is 3.39. The molecule has 0 amide bonds. The van der Waals surface area contributed by atoms with Gasteiger partial charge in [0.2, 0.25) is 0 Å². The van der Waals surface area contributed by atoms with Gasteiger partial charge >= 0.3 is 0 Å². The van der Waals surface area contributed by atoms with Crippen molar-refractivity contribution in [1.29, 1.82) is 5.26 Å². The van der Waals surface area contributed by atoms with Crippen LogP contribution in [-0.4, -0.2) is 7.11 Å². The average Bonchev–Trinajstić information content (AvgIpc) is 2.68. The normalized spacial score (nSPS) is 10.1. The zero-order valence-corrected chi connectivity index (χ0v) is 10.3. The number of rotatable bonds is 1. The molecule has 4 heteroatoms. The van der Waals surface area contributed by atoms with Crippen molar-refractivity contribution < 1.29 is 4.74 Å². The van der Waals surface area contributed by atoms with Gasteiger partial charge in [-0.2, -0.15) is 5.26 Å². The summed E-state index contributed by atoms with van der Waals surface area (Å²) in [6.07, 6.45) is 0. The molecule has 1 aromatic carbocycles. The van der Waals surface area contributed by atoms with E-state index in [2.05, 4.69) is 28.7 Å². The maximum atomic E-state index is 8.96. The van der Waals surface area contributed by atoms with Crippen LogP contribution in [0.25, 0.3) is 10.1 Å². The first-order valence-corrected chi connectivity index (χ1v) is 5.87. The molecule has 0 bridgehead atoms. The Kier molecular flexibility index (Phi) is 2.61. The molecular weight excluding hydrogens is 309 g/mol. The second kappa shape index (κ2) is 3.75. The minimum absolute atomic E-state index is 0.679. The van der Waals surface area contributed by atoms with E-state index < -0.39 is 0 Å². The van der Waals surface area contributed by atoms with E-state index in [9.17, 15) is 0 Å². The van der Waals surface area contributed by atoms with Gasteiger partial charge in [0, 0.05) is 5.39 Å². The summed E-state index contributed by atoms with van der Waals surface area (Å²) in [6, 6.07) is 5.94. The van der Waals surface area contributed by atoms with E-state index in [4.69, 9.17) is 10.00 Å². The molecule has 14 heavy (non-hydrogen) atoms. The lowest BCUT2D eigenvalue weighted by Gasteiger charge is -2.04.